The predicted octanol–water partition coefficient (Wildman–Crippen LogP) is 4.62. The van der Waals surface area contributed by atoms with Crippen molar-refractivity contribution in [3.8, 4) is 0 Å². The van der Waals surface area contributed by atoms with Gasteiger partial charge in [0.15, 0.2) is 0 Å². The number of allylic oxidation sites excluding steroid dienone is 2. The lowest BCUT2D eigenvalue weighted by Gasteiger charge is -2.24. The van der Waals surface area contributed by atoms with E-state index in [1.165, 1.54) is 6.42 Å². The van der Waals surface area contributed by atoms with Crippen LogP contribution in [-0.4, -0.2) is 5.78 Å². The van der Waals surface area contributed by atoms with Gasteiger partial charge in [-0.2, -0.15) is 0 Å². The van der Waals surface area contributed by atoms with Crippen LogP contribution in [-0.2, 0) is 4.79 Å². The summed E-state index contributed by atoms with van der Waals surface area (Å²) in [4.78, 5) is 11.7. The molecule has 0 N–H and O–H groups in total. The molecule has 1 heteroatoms. The summed E-state index contributed by atoms with van der Waals surface area (Å²) < 4.78 is 0. The first-order valence-corrected chi connectivity index (χ1v) is 6.69. The monoisotopic (exact) mass is 224 g/mol. The van der Waals surface area contributed by atoms with E-state index < -0.39 is 0 Å². The Hall–Kier alpha value is -0.590. The normalized spacial score (nSPS) is 17.3. The molecule has 0 aromatic rings. The summed E-state index contributed by atoms with van der Waals surface area (Å²) in [6.07, 6.45) is 7.65. The molecule has 0 heterocycles. The SMILES string of the molecule is CC/C=C\CC(=O)CC(C)C(C)C(C)CC. The third-order valence-corrected chi connectivity index (χ3v) is 3.74. The van der Waals surface area contributed by atoms with Crippen molar-refractivity contribution in [1.29, 1.82) is 0 Å². The Balaban J connectivity index is 3.98. The molecule has 0 aliphatic heterocycles. The van der Waals surface area contributed by atoms with Crippen molar-refractivity contribution >= 4 is 5.78 Å². The lowest BCUT2D eigenvalue weighted by atomic mass is 9.81. The van der Waals surface area contributed by atoms with Gasteiger partial charge in [-0.25, -0.2) is 0 Å². The number of Topliss-reactive ketones (excluding diaryl/α,β-unsaturated/α-hetero) is 1. The molecule has 94 valence electrons. The maximum absolute atomic E-state index is 11.7. The molecule has 0 saturated heterocycles. The third kappa shape index (κ3) is 6.09. The molecule has 0 aliphatic carbocycles. The average Bonchev–Trinajstić information content (AvgIpc) is 2.27. The van der Waals surface area contributed by atoms with Crippen molar-refractivity contribution in [1.82, 2.24) is 0 Å². The molecule has 0 saturated carbocycles. The minimum Gasteiger partial charge on any atom is -0.299 e. The summed E-state index contributed by atoms with van der Waals surface area (Å²) in [6, 6.07) is 0. The fourth-order valence-electron chi connectivity index (χ4n) is 1.94. The minimum absolute atomic E-state index is 0.382. The number of hydrogen-bond donors (Lipinski definition) is 0. The molecule has 1 nitrogen and oxygen atoms in total. The van der Waals surface area contributed by atoms with Crippen molar-refractivity contribution in [2.45, 2.75) is 60.3 Å². The van der Waals surface area contributed by atoms with Crippen molar-refractivity contribution in [3.05, 3.63) is 12.2 Å². The van der Waals surface area contributed by atoms with Crippen LogP contribution < -0.4 is 0 Å². The summed E-state index contributed by atoms with van der Waals surface area (Å²) in [7, 11) is 0. The van der Waals surface area contributed by atoms with E-state index in [-0.39, 0.29) is 0 Å². The van der Waals surface area contributed by atoms with Crippen LogP contribution in [0, 0.1) is 17.8 Å². The highest BCUT2D eigenvalue weighted by Gasteiger charge is 2.19. The second kappa shape index (κ2) is 8.55. The minimum atomic E-state index is 0.382. The van der Waals surface area contributed by atoms with Crippen LogP contribution >= 0.6 is 0 Å². The van der Waals surface area contributed by atoms with Gasteiger partial charge in [0.2, 0.25) is 0 Å². The van der Waals surface area contributed by atoms with Crippen LogP contribution in [0.15, 0.2) is 12.2 Å². The van der Waals surface area contributed by atoms with Gasteiger partial charge in [-0.15, -0.1) is 0 Å². The summed E-state index contributed by atoms with van der Waals surface area (Å²) in [5, 5.41) is 0. The summed E-state index contributed by atoms with van der Waals surface area (Å²) in [5.41, 5.74) is 0. The Morgan fingerprint density at radius 3 is 2.19 bits per heavy atom. The van der Waals surface area contributed by atoms with Gasteiger partial charge in [-0.3, -0.25) is 4.79 Å². The maximum Gasteiger partial charge on any atom is 0.136 e. The highest BCUT2D eigenvalue weighted by atomic mass is 16.1. The zero-order valence-electron chi connectivity index (χ0n) is 11.6. The highest BCUT2D eigenvalue weighted by Crippen LogP contribution is 2.25. The van der Waals surface area contributed by atoms with Gasteiger partial charge in [-0.1, -0.05) is 53.2 Å². The molecule has 0 aromatic carbocycles. The molecular formula is C15H28O. The van der Waals surface area contributed by atoms with E-state index in [1.807, 2.05) is 6.08 Å². The first-order chi connectivity index (χ1) is 7.52. The second-order valence-electron chi connectivity index (χ2n) is 5.05. The van der Waals surface area contributed by atoms with Gasteiger partial charge in [0, 0.05) is 12.8 Å². The number of rotatable bonds is 8. The number of carbonyl (C=O) groups is 1. The fraction of sp³-hybridized carbons (Fsp3) is 0.800. The van der Waals surface area contributed by atoms with Crippen LogP contribution in [0.1, 0.15) is 60.3 Å². The molecule has 0 rings (SSSR count). The third-order valence-electron chi connectivity index (χ3n) is 3.74. The van der Waals surface area contributed by atoms with Gasteiger partial charge in [0.05, 0.1) is 0 Å². The lowest BCUT2D eigenvalue weighted by molar-refractivity contribution is -0.119. The van der Waals surface area contributed by atoms with Gasteiger partial charge >= 0.3 is 0 Å². The molecular weight excluding hydrogens is 196 g/mol. The summed E-state index contributed by atoms with van der Waals surface area (Å²) in [5.74, 6) is 2.25. The van der Waals surface area contributed by atoms with Crippen molar-refractivity contribution in [3.63, 3.8) is 0 Å². The van der Waals surface area contributed by atoms with Crippen LogP contribution in [0.25, 0.3) is 0 Å². The molecule has 0 aromatic heterocycles. The molecule has 0 spiro atoms. The number of ketones is 1. The molecule has 0 fully saturated rings. The molecule has 0 radical (unpaired) electrons. The van der Waals surface area contributed by atoms with E-state index in [0.29, 0.717) is 30.0 Å². The quantitative estimate of drug-likeness (QED) is 0.550. The van der Waals surface area contributed by atoms with E-state index >= 15 is 0 Å². The smallest absolute Gasteiger partial charge is 0.136 e. The van der Waals surface area contributed by atoms with Gasteiger partial charge in [0.1, 0.15) is 5.78 Å². The average molecular weight is 224 g/mol. The van der Waals surface area contributed by atoms with E-state index in [4.69, 9.17) is 0 Å². The van der Waals surface area contributed by atoms with Gasteiger partial charge in [-0.05, 0) is 24.2 Å². The number of carbonyl (C=O) groups excluding carboxylic acids is 1. The first kappa shape index (κ1) is 15.4. The molecule has 16 heavy (non-hydrogen) atoms. The lowest BCUT2D eigenvalue weighted by Crippen LogP contribution is -2.18. The summed E-state index contributed by atoms with van der Waals surface area (Å²) in [6.45, 7) is 11.1. The predicted molar refractivity (Wildman–Crippen MR) is 71.5 cm³/mol. The highest BCUT2D eigenvalue weighted by molar-refractivity contribution is 5.80. The zero-order valence-corrected chi connectivity index (χ0v) is 11.6. The first-order valence-electron chi connectivity index (χ1n) is 6.69. The Morgan fingerprint density at radius 1 is 1.06 bits per heavy atom. The Bertz CT molecular complexity index is 217. The number of hydrogen-bond acceptors (Lipinski definition) is 1. The molecule has 0 bridgehead atoms. The zero-order chi connectivity index (χ0) is 12.6. The van der Waals surface area contributed by atoms with Gasteiger partial charge in [0.25, 0.3) is 0 Å². The van der Waals surface area contributed by atoms with E-state index in [9.17, 15) is 4.79 Å². The molecule has 3 unspecified atom stereocenters. The van der Waals surface area contributed by atoms with Crippen LogP contribution in [0.4, 0.5) is 0 Å². The Morgan fingerprint density at radius 2 is 1.69 bits per heavy atom. The van der Waals surface area contributed by atoms with Crippen LogP contribution in [0.2, 0.25) is 0 Å². The molecule has 3 atom stereocenters. The standard InChI is InChI=1S/C15H28O/c1-6-8-9-10-15(16)11-13(4)14(5)12(3)7-2/h8-9,12-14H,6-7,10-11H2,1-5H3/b9-8-. The Labute approximate surface area is 101 Å². The van der Waals surface area contributed by atoms with E-state index in [1.54, 1.807) is 0 Å². The Kier molecular flexibility index (Phi) is 8.23. The second-order valence-corrected chi connectivity index (χ2v) is 5.05. The van der Waals surface area contributed by atoms with E-state index in [2.05, 4.69) is 40.7 Å². The van der Waals surface area contributed by atoms with Crippen molar-refractivity contribution < 1.29 is 4.79 Å². The summed E-state index contributed by atoms with van der Waals surface area (Å²) >= 11 is 0. The fourth-order valence-corrected chi connectivity index (χ4v) is 1.94. The van der Waals surface area contributed by atoms with Crippen molar-refractivity contribution in [2.24, 2.45) is 17.8 Å². The van der Waals surface area contributed by atoms with Crippen molar-refractivity contribution in [2.75, 3.05) is 0 Å². The van der Waals surface area contributed by atoms with Gasteiger partial charge < -0.3 is 0 Å². The molecule has 0 aliphatic rings. The molecule has 0 amide bonds. The van der Waals surface area contributed by atoms with Crippen LogP contribution in [0.5, 0.6) is 0 Å². The topological polar surface area (TPSA) is 17.1 Å². The van der Waals surface area contributed by atoms with Crippen LogP contribution in [0.3, 0.4) is 0 Å². The van der Waals surface area contributed by atoms with E-state index in [0.717, 1.165) is 12.8 Å². The maximum atomic E-state index is 11.7. The largest absolute Gasteiger partial charge is 0.299 e.